The van der Waals surface area contributed by atoms with Gasteiger partial charge < -0.3 is 5.73 Å². The predicted octanol–water partition coefficient (Wildman–Crippen LogP) is -0.652. The summed E-state index contributed by atoms with van der Waals surface area (Å²) in [5.74, 6) is 0. The fourth-order valence-electron chi connectivity index (χ4n) is 1.70. The van der Waals surface area contributed by atoms with Crippen LogP contribution in [0, 0.1) is 0 Å². The van der Waals surface area contributed by atoms with Crippen LogP contribution in [0.1, 0.15) is 12.1 Å². The molecule has 5 nitrogen and oxygen atoms in total. The number of nitrogens with zero attached hydrogens (tertiary/aromatic N) is 4. The van der Waals surface area contributed by atoms with Crippen LogP contribution >= 0.6 is 0 Å². The summed E-state index contributed by atoms with van der Waals surface area (Å²) >= 11 is 0. The monoisotopic (exact) mass is 181 g/mol. The van der Waals surface area contributed by atoms with Gasteiger partial charge in [0.15, 0.2) is 0 Å². The Balaban J connectivity index is 1.91. The molecule has 72 valence electrons. The van der Waals surface area contributed by atoms with Gasteiger partial charge in [0.25, 0.3) is 0 Å². The second-order valence-corrected chi connectivity index (χ2v) is 3.67. The maximum Gasteiger partial charge on any atom is 0.0967 e. The van der Waals surface area contributed by atoms with Crippen LogP contribution in [-0.2, 0) is 13.6 Å². The van der Waals surface area contributed by atoms with E-state index in [1.54, 1.807) is 4.68 Å². The Morgan fingerprint density at radius 3 is 3.08 bits per heavy atom. The molecule has 0 spiro atoms. The second-order valence-electron chi connectivity index (χ2n) is 3.67. The van der Waals surface area contributed by atoms with Gasteiger partial charge in [-0.05, 0) is 6.42 Å². The predicted molar refractivity (Wildman–Crippen MR) is 48.9 cm³/mol. The smallest absolute Gasteiger partial charge is 0.0967 e. The summed E-state index contributed by atoms with van der Waals surface area (Å²) in [7, 11) is 1.88. The van der Waals surface area contributed by atoms with Crippen molar-refractivity contribution < 1.29 is 0 Å². The summed E-state index contributed by atoms with van der Waals surface area (Å²) in [5, 5.41) is 7.92. The van der Waals surface area contributed by atoms with E-state index < -0.39 is 0 Å². The van der Waals surface area contributed by atoms with E-state index in [1.807, 2.05) is 13.2 Å². The lowest BCUT2D eigenvalue weighted by atomic mass is 10.3. The van der Waals surface area contributed by atoms with Crippen LogP contribution in [0.15, 0.2) is 6.20 Å². The van der Waals surface area contributed by atoms with Crippen molar-refractivity contribution in [3.05, 3.63) is 11.9 Å². The molecule has 0 aromatic carbocycles. The van der Waals surface area contributed by atoms with E-state index in [1.165, 1.54) is 0 Å². The second kappa shape index (κ2) is 3.43. The molecule has 0 radical (unpaired) electrons. The first kappa shape index (κ1) is 8.65. The number of likely N-dealkylation sites (tertiary alicyclic amines) is 1. The average Bonchev–Trinajstić information content (AvgIpc) is 2.62. The van der Waals surface area contributed by atoms with Crippen molar-refractivity contribution in [1.29, 1.82) is 0 Å². The Labute approximate surface area is 77.5 Å². The number of rotatable bonds is 2. The molecule has 13 heavy (non-hydrogen) atoms. The Morgan fingerprint density at radius 1 is 1.69 bits per heavy atom. The maximum absolute atomic E-state index is 5.80. The molecule has 1 atom stereocenters. The zero-order valence-corrected chi connectivity index (χ0v) is 7.85. The van der Waals surface area contributed by atoms with Gasteiger partial charge in [0.05, 0.1) is 5.69 Å². The third-order valence-corrected chi connectivity index (χ3v) is 2.34. The first-order valence-corrected chi connectivity index (χ1v) is 4.57. The number of aryl methyl sites for hydroxylation is 1. The van der Waals surface area contributed by atoms with Crippen LogP contribution in [0.2, 0.25) is 0 Å². The van der Waals surface area contributed by atoms with Crippen molar-refractivity contribution in [3.8, 4) is 0 Å². The molecular formula is C8H15N5. The Bertz CT molecular complexity index is 282. The quantitative estimate of drug-likeness (QED) is 0.658. The van der Waals surface area contributed by atoms with Gasteiger partial charge in [-0.3, -0.25) is 9.58 Å². The third kappa shape index (κ3) is 2.05. The van der Waals surface area contributed by atoms with Crippen molar-refractivity contribution >= 4 is 0 Å². The van der Waals surface area contributed by atoms with Gasteiger partial charge in [0, 0.05) is 38.9 Å². The molecule has 1 aliphatic rings. The maximum atomic E-state index is 5.80. The van der Waals surface area contributed by atoms with Crippen molar-refractivity contribution in [1.82, 2.24) is 19.9 Å². The third-order valence-electron chi connectivity index (χ3n) is 2.34. The van der Waals surface area contributed by atoms with E-state index in [9.17, 15) is 0 Å². The van der Waals surface area contributed by atoms with E-state index in [4.69, 9.17) is 5.73 Å². The number of hydrogen-bond acceptors (Lipinski definition) is 4. The summed E-state index contributed by atoms with van der Waals surface area (Å²) in [6.07, 6.45) is 3.05. The Morgan fingerprint density at radius 2 is 2.54 bits per heavy atom. The molecule has 0 amide bonds. The molecular weight excluding hydrogens is 166 g/mol. The van der Waals surface area contributed by atoms with Gasteiger partial charge in [0.1, 0.15) is 0 Å². The van der Waals surface area contributed by atoms with Crippen LogP contribution in [0.3, 0.4) is 0 Å². The summed E-state index contributed by atoms with van der Waals surface area (Å²) in [6, 6.07) is 0.344. The first-order chi connectivity index (χ1) is 6.24. The zero-order valence-electron chi connectivity index (χ0n) is 7.85. The van der Waals surface area contributed by atoms with Gasteiger partial charge in [0.2, 0.25) is 0 Å². The Hall–Kier alpha value is -0.940. The molecule has 1 unspecified atom stereocenters. The molecule has 0 bridgehead atoms. The number of nitrogens with two attached hydrogens (primary N) is 1. The lowest BCUT2D eigenvalue weighted by Gasteiger charge is -2.11. The van der Waals surface area contributed by atoms with Crippen molar-refractivity contribution in [3.63, 3.8) is 0 Å². The molecule has 1 aromatic heterocycles. The average molecular weight is 181 g/mol. The van der Waals surface area contributed by atoms with Gasteiger partial charge in [-0.25, -0.2) is 0 Å². The van der Waals surface area contributed by atoms with E-state index in [0.29, 0.717) is 6.04 Å². The highest BCUT2D eigenvalue weighted by Gasteiger charge is 2.19. The van der Waals surface area contributed by atoms with Crippen molar-refractivity contribution in [2.75, 3.05) is 13.1 Å². The number of hydrogen-bond donors (Lipinski definition) is 1. The Kier molecular flexibility index (Phi) is 2.28. The van der Waals surface area contributed by atoms with Crippen molar-refractivity contribution in [2.24, 2.45) is 12.8 Å². The SMILES string of the molecule is Cn1cc(CN2CCC(N)C2)nn1. The standard InChI is InChI=1S/C8H15N5/c1-12-5-8(10-11-12)6-13-3-2-7(9)4-13/h5,7H,2-4,6,9H2,1H3. The normalized spacial score (nSPS) is 24.0. The minimum absolute atomic E-state index is 0.344. The number of aromatic nitrogens is 3. The molecule has 2 N–H and O–H groups in total. The highest BCUT2D eigenvalue weighted by molar-refractivity contribution is 4.93. The molecule has 1 aromatic rings. The molecule has 2 rings (SSSR count). The lowest BCUT2D eigenvalue weighted by Crippen LogP contribution is -2.26. The molecule has 5 heteroatoms. The molecule has 1 saturated heterocycles. The topological polar surface area (TPSA) is 60.0 Å². The summed E-state index contributed by atoms with van der Waals surface area (Å²) in [5.41, 5.74) is 6.83. The van der Waals surface area contributed by atoms with E-state index in [2.05, 4.69) is 15.2 Å². The minimum atomic E-state index is 0.344. The van der Waals surface area contributed by atoms with Crippen LogP contribution in [0.25, 0.3) is 0 Å². The van der Waals surface area contributed by atoms with Gasteiger partial charge in [-0.2, -0.15) is 0 Å². The highest BCUT2D eigenvalue weighted by Crippen LogP contribution is 2.09. The highest BCUT2D eigenvalue weighted by atomic mass is 15.4. The summed E-state index contributed by atoms with van der Waals surface area (Å²) in [6.45, 7) is 2.94. The van der Waals surface area contributed by atoms with Crippen LogP contribution in [-0.4, -0.2) is 39.0 Å². The molecule has 1 aliphatic heterocycles. The van der Waals surface area contributed by atoms with E-state index in [-0.39, 0.29) is 0 Å². The molecule has 0 saturated carbocycles. The molecule has 0 aliphatic carbocycles. The minimum Gasteiger partial charge on any atom is -0.326 e. The summed E-state index contributed by atoms with van der Waals surface area (Å²) in [4.78, 5) is 2.31. The van der Waals surface area contributed by atoms with Gasteiger partial charge in [-0.15, -0.1) is 5.10 Å². The van der Waals surface area contributed by atoms with E-state index in [0.717, 1.165) is 31.7 Å². The van der Waals surface area contributed by atoms with Crippen LogP contribution in [0.4, 0.5) is 0 Å². The molecule has 2 heterocycles. The van der Waals surface area contributed by atoms with Gasteiger partial charge >= 0.3 is 0 Å². The van der Waals surface area contributed by atoms with Crippen molar-refractivity contribution in [2.45, 2.75) is 19.0 Å². The van der Waals surface area contributed by atoms with Crippen LogP contribution < -0.4 is 5.73 Å². The fourth-order valence-corrected chi connectivity index (χ4v) is 1.70. The zero-order chi connectivity index (χ0) is 9.26. The molecule has 1 fully saturated rings. The van der Waals surface area contributed by atoms with Crippen LogP contribution in [0.5, 0.6) is 0 Å². The summed E-state index contributed by atoms with van der Waals surface area (Å²) < 4.78 is 1.73. The first-order valence-electron chi connectivity index (χ1n) is 4.57. The van der Waals surface area contributed by atoms with Gasteiger partial charge in [-0.1, -0.05) is 5.21 Å². The van der Waals surface area contributed by atoms with E-state index >= 15 is 0 Å². The largest absolute Gasteiger partial charge is 0.326 e. The lowest BCUT2D eigenvalue weighted by molar-refractivity contribution is 0.322. The fraction of sp³-hybridized carbons (Fsp3) is 0.750.